The van der Waals surface area contributed by atoms with Crippen LogP contribution in [0.5, 0.6) is 0 Å². The van der Waals surface area contributed by atoms with Crippen molar-refractivity contribution in [1.82, 2.24) is 4.90 Å². The molecule has 0 bridgehead atoms. The Kier molecular flexibility index (Phi) is 3.23. The number of hydrogen-bond acceptors (Lipinski definition) is 3. The molecule has 3 nitrogen and oxygen atoms in total. The number of rotatable bonds is 3. The van der Waals surface area contributed by atoms with Crippen LogP contribution in [0.2, 0.25) is 0 Å². The second-order valence-electron chi connectivity index (χ2n) is 5.33. The van der Waals surface area contributed by atoms with Gasteiger partial charge >= 0.3 is 0 Å². The Morgan fingerprint density at radius 3 is 2.25 bits per heavy atom. The number of nitriles is 1. The second-order valence-corrected chi connectivity index (χ2v) is 5.33. The number of nitrogens with zero attached hydrogens (tertiary/aromatic N) is 2. The van der Waals surface area contributed by atoms with Gasteiger partial charge in [0.2, 0.25) is 0 Å². The molecule has 1 saturated heterocycles. The van der Waals surface area contributed by atoms with Gasteiger partial charge in [0.15, 0.2) is 0 Å². The Labute approximate surface area is 98.1 Å². The Balaban J connectivity index is 0.000000457. The standard InChI is InChI=1S/C11H16N2O.C2H6/c12-3-8-9-4-13(5-10(8)9)6-11(7-14)1-2-11;1-2/h8-10,14H,1-2,4-7H2;1-2H3/t8?,9-,10+;. The van der Waals surface area contributed by atoms with Crippen LogP contribution in [0.1, 0.15) is 26.7 Å². The molecule has 0 amide bonds. The molecular formula is C13H22N2O. The molecule has 0 spiro atoms. The van der Waals surface area contributed by atoms with Crippen LogP contribution in [-0.4, -0.2) is 36.2 Å². The summed E-state index contributed by atoms with van der Waals surface area (Å²) in [6, 6.07) is 2.38. The smallest absolute Gasteiger partial charge is 0.0662 e. The molecule has 3 atom stereocenters. The number of likely N-dealkylation sites (tertiary alicyclic amines) is 1. The van der Waals surface area contributed by atoms with E-state index in [2.05, 4.69) is 11.0 Å². The molecule has 2 aliphatic carbocycles. The molecule has 0 aromatic carbocycles. The number of piperidine rings is 1. The molecule has 0 radical (unpaired) electrons. The van der Waals surface area contributed by atoms with E-state index in [4.69, 9.17) is 5.26 Å². The number of aliphatic hydroxyl groups is 1. The molecule has 2 saturated carbocycles. The fourth-order valence-electron chi connectivity index (χ4n) is 2.95. The zero-order chi connectivity index (χ0) is 11.8. The molecule has 0 aromatic heterocycles. The fourth-order valence-corrected chi connectivity index (χ4v) is 2.95. The van der Waals surface area contributed by atoms with E-state index < -0.39 is 0 Å². The van der Waals surface area contributed by atoms with Crippen LogP contribution >= 0.6 is 0 Å². The first-order valence-corrected chi connectivity index (χ1v) is 6.51. The molecule has 3 aliphatic rings. The SMILES string of the molecule is CC.N#CC1[C@H]2CN(CC3(CO)CC3)C[C@@H]12. The molecule has 90 valence electrons. The van der Waals surface area contributed by atoms with Gasteiger partial charge in [-0.15, -0.1) is 0 Å². The van der Waals surface area contributed by atoms with E-state index >= 15 is 0 Å². The van der Waals surface area contributed by atoms with E-state index in [1.807, 2.05) is 13.8 Å². The first-order valence-electron chi connectivity index (χ1n) is 6.51. The van der Waals surface area contributed by atoms with E-state index in [1.54, 1.807) is 0 Å². The van der Waals surface area contributed by atoms with Crippen LogP contribution in [-0.2, 0) is 0 Å². The van der Waals surface area contributed by atoms with Crippen LogP contribution in [0, 0.1) is 34.5 Å². The lowest BCUT2D eigenvalue weighted by Gasteiger charge is -2.23. The van der Waals surface area contributed by atoms with Crippen molar-refractivity contribution < 1.29 is 5.11 Å². The van der Waals surface area contributed by atoms with Crippen molar-refractivity contribution in [2.24, 2.45) is 23.2 Å². The van der Waals surface area contributed by atoms with Gasteiger partial charge in [-0.1, -0.05) is 13.8 Å². The van der Waals surface area contributed by atoms with Gasteiger partial charge in [-0.2, -0.15) is 5.26 Å². The lowest BCUT2D eigenvalue weighted by molar-refractivity contribution is 0.154. The minimum atomic E-state index is 0.249. The number of hydrogen-bond donors (Lipinski definition) is 1. The molecule has 1 unspecified atom stereocenters. The van der Waals surface area contributed by atoms with E-state index in [9.17, 15) is 5.11 Å². The zero-order valence-corrected chi connectivity index (χ0v) is 10.3. The minimum absolute atomic E-state index is 0.249. The highest BCUT2D eigenvalue weighted by molar-refractivity contribution is 5.15. The highest BCUT2D eigenvalue weighted by atomic mass is 16.3. The monoisotopic (exact) mass is 222 g/mol. The fraction of sp³-hybridized carbons (Fsp3) is 0.923. The highest BCUT2D eigenvalue weighted by Gasteiger charge is 2.57. The predicted molar refractivity (Wildman–Crippen MR) is 62.6 cm³/mol. The zero-order valence-electron chi connectivity index (χ0n) is 10.3. The summed E-state index contributed by atoms with van der Waals surface area (Å²) in [5, 5.41) is 18.0. The van der Waals surface area contributed by atoms with E-state index in [1.165, 1.54) is 12.8 Å². The Morgan fingerprint density at radius 1 is 1.31 bits per heavy atom. The van der Waals surface area contributed by atoms with Crippen molar-refractivity contribution in [3.05, 3.63) is 0 Å². The topological polar surface area (TPSA) is 47.3 Å². The van der Waals surface area contributed by atoms with Crippen molar-refractivity contribution in [2.45, 2.75) is 26.7 Å². The van der Waals surface area contributed by atoms with Gasteiger partial charge in [0, 0.05) is 31.7 Å². The number of fused-ring (bicyclic) bond motifs is 1. The molecule has 1 aliphatic heterocycles. The maximum Gasteiger partial charge on any atom is 0.0662 e. The third-order valence-electron chi connectivity index (χ3n) is 4.27. The van der Waals surface area contributed by atoms with E-state index in [0.717, 1.165) is 19.6 Å². The molecule has 3 rings (SSSR count). The van der Waals surface area contributed by atoms with Gasteiger partial charge in [-0.25, -0.2) is 0 Å². The summed E-state index contributed by atoms with van der Waals surface area (Å²) in [7, 11) is 0. The van der Waals surface area contributed by atoms with Gasteiger partial charge in [0.25, 0.3) is 0 Å². The summed E-state index contributed by atoms with van der Waals surface area (Å²) < 4.78 is 0. The summed E-state index contributed by atoms with van der Waals surface area (Å²) in [6.07, 6.45) is 2.38. The largest absolute Gasteiger partial charge is 0.396 e. The molecule has 16 heavy (non-hydrogen) atoms. The summed E-state index contributed by atoms with van der Waals surface area (Å²) in [6.45, 7) is 7.62. The minimum Gasteiger partial charge on any atom is -0.396 e. The van der Waals surface area contributed by atoms with Crippen LogP contribution in [0.4, 0.5) is 0 Å². The Hall–Kier alpha value is -0.590. The van der Waals surface area contributed by atoms with Crippen molar-refractivity contribution in [2.75, 3.05) is 26.2 Å². The summed E-state index contributed by atoms with van der Waals surface area (Å²) in [5.74, 6) is 1.68. The van der Waals surface area contributed by atoms with E-state index in [0.29, 0.717) is 24.4 Å². The highest BCUT2D eigenvalue weighted by Crippen LogP contribution is 2.53. The average molecular weight is 222 g/mol. The lowest BCUT2D eigenvalue weighted by atomic mass is 10.1. The summed E-state index contributed by atoms with van der Waals surface area (Å²) in [5.41, 5.74) is 0.249. The average Bonchev–Trinajstić information content (AvgIpc) is 3.20. The third kappa shape index (κ3) is 1.97. The van der Waals surface area contributed by atoms with Gasteiger partial charge < -0.3 is 10.0 Å². The van der Waals surface area contributed by atoms with Gasteiger partial charge in [0.05, 0.1) is 12.0 Å². The molecule has 3 heteroatoms. The predicted octanol–water partition coefficient (Wildman–Crippen LogP) is 1.49. The van der Waals surface area contributed by atoms with Crippen molar-refractivity contribution in [3.63, 3.8) is 0 Å². The number of aliphatic hydroxyl groups excluding tert-OH is 1. The quantitative estimate of drug-likeness (QED) is 0.787. The molecule has 0 aromatic rings. The van der Waals surface area contributed by atoms with Crippen LogP contribution < -0.4 is 0 Å². The first-order chi connectivity index (χ1) is 7.78. The first kappa shape index (κ1) is 11.9. The lowest BCUT2D eigenvalue weighted by Crippen LogP contribution is -2.32. The maximum atomic E-state index is 9.21. The third-order valence-corrected chi connectivity index (χ3v) is 4.27. The second kappa shape index (κ2) is 4.35. The van der Waals surface area contributed by atoms with Crippen molar-refractivity contribution in [3.8, 4) is 6.07 Å². The summed E-state index contributed by atoms with van der Waals surface area (Å²) >= 11 is 0. The molecule has 1 heterocycles. The van der Waals surface area contributed by atoms with Crippen molar-refractivity contribution in [1.29, 1.82) is 5.26 Å². The van der Waals surface area contributed by atoms with Crippen LogP contribution in [0.3, 0.4) is 0 Å². The van der Waals surface area contributed by atoms with Gasteiger partial charge in [0.1, 0.15) is 0 Å². The summed E-state index contributed by atoms with van der Waals surface area (Å²) in [4.78, 5) is 2.45. The normalized spacial score (nSPS) is 38.0. The van der Waals surface area contributed by atoms with Gasteiger partial charge in [-0.3, -0.25) is 0 Å². The maximum absolute atomic E-state index is 9.21. The van der Waals surface area contributed by atoms with Crippen molar-refractivity contribution >= 4 is 0 Å². The Bertz CT molecular complexity index is 281. The van der Waals surface area contributed by atoms with Crippen LogP contribution in [0.15, 0.2) is 0 Å². The molecular weight excluding hydrogens is 200 g/mol. The van der Waals surface area contributed by atoms with Gasteiger partial charge in [-0.05, 0) is 24.7 Å². The van der Waals surface area contributed by atoms with Crippen LogP contribution in [0.25, 0.3) is 0 Å². The molecule has 3 fully saturated rings. The van der Waals surface area contributed by atoms with E-state index in [-0.39, 0.29) is 5.41 Å². The Morgan fingerprint density at radius 2 is 1.88 bits per heavy atom. The molecule has 1 N–H and O–H groups in total.